The molecule has 0 aliphatic carbocycles. The number of rotatable bonds is 1. The van der Waals surface area contributed by atoms with Gasteiger partial charge in [0.2, 0.25) is 0 Å². The van der Waals surface area contributed by atoms with Crippen molar-refractivity contribution in [2.24, 2.45) is 0 Å². The molecule has 0 bridgehead atoms. The van der Waals surface area contributed by atoms with Gasteiger partial charge in [0.1, 0.15) is 18.4 Å². The van der Waals surface area contributed by atoms with Gasteiger partial charge in [-0.05, 0) is 22.9 Å². The van der Waals surface area contributed by atoms with Crippen LogP contribution in [-0.4, -0.2) is 7.28 Å². The second kappa shape index (κ2) is 3.89. The fourth-order valence-corrected chi connectivity index (χ4v) is 2.85. The summed E-state index contributed by atoms with van der Waals surface area (Å²) in [6.45, 7) is 2.07. The van der Waals surface area contributed by atoms with E-state index in [1.165, 1.54) is 27.0 Å². The fraction of sp³-hybridized carbons (Fsp3) is 0.0588. The van der Waals surface area contributed by atoms with Gasteiger partial charge in [0.25, 0.3) is 0 Å². The van der Waals surface area contributed by atoms with Crippen molar-refractivity contribution in [3.63, 3.8) is 0 Å². The molecule has 0 unspecified atom stereocenters. The summed E-state index contributed by atoms with van der Waals surface area (Å²) in [7, 11) is 2.13. The predicted octanol–water partition coefficient (Wildman–Crippen LogP) is 4.12. The van der Waals surface area contributed by atoms with Crippen LogP contribution in [0.3, 0.4) is 0 Å². The number of benzene rings is 3. The summed E-state index contributed by atoms with van der Waals surface area (Å²) in [6.07, 6.45) is 0. The Morgan fingerprint density at radius 1 is 0.789 bits per heavy atom. The zero-order chi connectivity index (χ0) is 12.8. The maximum atomic E-state index is 5.98. The third kappa shape index (κ3) is 1.43. The molecule has 2 heteroatoms. The van der Waals surface area contributed by atoms with Gasteiger partial charge in [-0.15, -0.1) is 0 Å². The highest BCUT2D eigenvalue weighted by atomic mass is 16.3. The first kappa shape index (κ1) is 10.7. The number of hydrogen-bond donors (Lipinski definition) is 0. The van der Waals surface area contributed by atoms with Crippen molar-refractivity contribution in [2.75, 3.05) is 0 Å². The van der Waals surface area contributed by atoms with Gasteiger partial charge in [-0.3, -0.25) is 0 Å². The quantitative estimate of drug-likeness (QED) is 0.458. The standard InChI is InChI=1S/C17H12BO/c1-18-14-10-16-17(12-7-3-2-6-11(12)14)13-8-4-5-9-15(13)19-16/h2-10H,1H3. The zero-order valence-corrected chi connectivity index (χ0v) is 10.7. The summed E-state index contributed by atoms with van der Waals surface area (Å²) in [5.41, 5.74) is 3.14. The first-order chi connectivity index (χ1) is 9.38. The molecule has 0 aliphatic heterocycles. The van der Waals surface area contributed by atoms with Crippen LogP contribution in [0.2, 0.25) is 6.82 Å². The smallest absolute Gasteiger partial charge is 0.149 e. The molecule has 89 valence electrons. The monoisotopic (exact) mass is 243 g/mol. The van der Waals surface area contributed by atoms with Crippen LogP contribution in [-0.2, 0) is 0 Å². The van der Waals surface area contributed by atoms with Gasteiger partial charge in [-0.2, -0.15) is 0 Å². The maximum Gasteiger partial charge on any atom is 0.149 e. The van der Waals surface area contributed by atoms with Gasteiger partial charge in [0, 0.05) is 10.8 Å². The van der Waals surface area contributed by atoms with E-state index >= 15 is 0 Å². The van der Waals surface area contributed by atoms with E-state index in [9.17, 15) is 0 Å². The average Bonchev–Trinajstić information content (AvgIpc) is 2.84. The van der Waals surface area contributed by atoms with Crippen molar-refractivity contribution >= 4 is 45.5 Å². The Balaban J connectivity index is 2.34. The summed E-state index contributed by atoms with van der Waals surface area (Å²) in [5, 5.41) is 4.95. The van der Waals surface area contributed by atoms with E-state index in [0.717, 1.165) is 11.2 Å². The Hall–Kier alpha value is -2.22. The Morgan fingerprint density at radius 2 is 1.47 bits per heavy atom. The van der Waals surface area contributed by atoms with Gasteiger partial charge < -0.3 is 4.42 Å². The van der Waals surface area contributed by atoms with Crippen molar-refractivity contribution in [2.45, 2.75) is 6.82 Å². The van der Waals surface area contributed by atoms with Crippen LogP contribution < -0.4 is 5.46 Å². The molecule has 4 aromatic rings. The number of para-hydroxylation sites is 1. The molecule has 0 spiro atoms. The fourth-order valence-electron chi connectivity index (χ4n) is 2.85. The van der Waals surface area contributed by atoms with Crippen molar-refractivity contribution in [1.82, 2.24) is 0 Å². The highest BCUT2D eigenvalue weighted by molar-refractivity contribution is 6.57. The van der Waals surface area contributed by atoms with Crippen molar-refractivity contribution in [3.05, 3.63) is 54.6 Å². The van der Waals surface area contributed by atoms with Crippen LogP contribution in [0.4, 0.5) is 0 Å². The minimum Gasteiger partial charge on any atom is -0.456 e. The lowest BCUT2D eigenvalue weighted by atomic mass is 9.71. The molecule has 1 nitrogen and oxygen atoms in total. The van der Waals surface area contributed by atoms with E-state index in [1.54, 1.807) is 0 Å². The van der Waals surface area contributed by atoms with E-state index in [0.29, 0.717) is 0 Å². The van der Waals surface area contributed by atoms with Gasteiger partial charge in [-0.25, -0.2) is 0 Å². The molecule has 3 aromatic carbocycles. The molecule has 0 saturated carbocycles. The van der Waals surface area contributed by atoms with Crippen molar-refractivity contribution in [3.8, 4) is 0 Å². The Kier molecular flexibility index (Phi) is 2.19. The van der Waals surface area contributed by atoms with Crippen molar-refractivity contribution in [1.29, 1.82) is 0 Å². The summed E-state index contributed by atoms with van der Waals surface area (Å²) in [5.74, 6) is 0. The first-order valence-electron chi connectivity index (χ1n) is 6.51. The van der Waals surface area contributed by atoms with E-state index in [2.05, 4.69) is 56.6 Å². The average molecular weight is 243 g/mol. The molecule has 1 radical (unpaired) electrons. The van der Waals surface area contributed by atoms with E-state index in [4.69, 9.17) is 4.42 Å². The molecular weight excluding hydrogens is 231 g/mol. The lowest BCUT2D eigenvalue weighted by Crippen LogP contribution is -2.11. The van der Waals surface area contributed by atoms with Gasteiger partial charge in [-0.1, -0.05) is 54.8 Å². The molecule has 19 heavy (non-hydrogen) atoms. The zero-order valence-electron chi connectivity index (χ0n) is 10.7. The summed E-state index contributed by atoms with van der Waals surface area (Å²) < 4.78 is 5.98. The van der Waals surface area contributed by atoms with Gasteiger partial charge >= 0.3 is 0 Å². The predicted molar refractivity (Wildman–Crippen MR) is 82.5 cm³/mol. The number of furan rings is 1. The molecule has 0 amide bonds. The Bertz CT molecular complexity index is 905. The normalized spacial score (nSPS) is 11.4. The van der Waals surface area contributed by atoms with E-state index in [-0.39, 0.29) is 0 Å². The van der Waals surface area contributed by atoms with E-state index < -0.39 is 0 Å². The topological polar surface area (TPSA) is 13.1 Å². The maximum absolute atomic E-state index is 5.98. The van der Waals surface area contributed by atoms with Crippen LogP contribution in [0.15, 0.2) is 59.0 Å². The highest BCUT2D eigenvalue weighted by Crippen LogP contribution is 2.33. The van der Waals surface area contributed by atoms with Crippen LogP contribution >= 0.6 is 0 Å². The first-order valence-corrected chi connectivity index (χ1v) is 6.51. The molecule has 0 fully saturated rings. The number of fused-ring (bicyclic) bond motifs is 5. The third-order valence-corrected chi connectivity index (χ3v) is 3.73. The van der Waals surface area contributed by atoms with Crippen LogP contribution in [0, 0.1) is 0 Å². The molecule has 4 rings (SSSR count). The summed E-state index contributed by atoms with van der Waals surface area (Å²) in [6, 6.07) is 18.9. The highest BCUT2D eigenvalue weighted by Gasteiger charge is 2.12. The lowest BCUT2D eigenvalue weighted by molar-refractivity contribution is 0.669. The molecule has 1 aromatic heterocycles. The second-order valence-electron chi connectivity index (χ2n) is 4.77. The Labute approximate surface area is 112 Å². The summed E-state index contributed by atoms with van der Waals surface area (Å²) in [4.78, 5) is 0. The SMILES string of the molecule is C[B]c1cc2oc3ccccc3c2c2ccccc12. The second-order valence-corrected chi connectivity index (χ2v) is 4.77. The molecule has 1 heterocycles. The molecular formula is C17H12BO. The van der Waals surface area contributed by atoms with Gasteiger partial charge in [0.05, 0.1) is 0 Å². The third-order valence-electron chi connectivity index (χ3n) is 3.73. The van der Waals surface area contributed by atoms with Gasteiger partial charge in [0.15, 0.2) is 0 Å². The molecule has 0 aliphatic rings. The van der Waals surface area contributed by atoms with Crippen LogP contribution in [0.5, 0.6) is 0 Å². The lowest BCUT2D eigenvalue weighted by Gasteiger charge is -2.05. The van der Waals surface area contributed by atoms with Crippen LogP contribution in [0.1, 0.15) is 0 Å². The Morgan fingerprint density at radius 3 is 2.26 bits per heavy atom. The minimum atomic E-state index is 0.955. The molecule has 0 saturated heterocycles. The largest absolute Gasteiger partial charge is 0.456 e. The van der Waals surface area contributed by atoms with E-state index in [1.807, 2.05) is 12.1 Å². The minimum absolute atomic E-state index is 0.955. The molecule has 0 N–H and O–H groups in total. The van der Waals surface area contributed by atoms with Crippen molar-refractivity contribution < 1.29 is 4.42 Å². The number of hydrogen-bond acceptors (Lipinski definition) is 1. The summed E-state index contributed by atoms with van der Waals surface area (Å²) >= 11 is 0. The van der Waals surface area contributed by atoms with Crippen LogP contribution in [0.25, 0.3) is 32.7 Å². The molecule has 0 atom stereocenters.